The fourth-order valence-electron chi connectivity index (χ4n) is 5.14. The van der Waals surface area contributed by atoms with E-state index in [0.29, 0.717) is 34.0 Å². The molecule has 1 fully saturated rings. The molecule has 5 rings (SSSR count). The van der Waals surface area contributed by atoms with E-state index in [2.05, 4.69) is 27.5 Å². The molecule has 0 unspecified atom stereocenters. The molecule has 0 bridgehead atoms. The van der Waals surface area contributed by atoms with E-state index >= 15 is 0 Å². The predicted octanol–water partition coefficient (Wildman–Crippen LogP) is 5.68. The maximum absolute atomic E-state index is 13.5. The van der Waals surface area contributed by atoms with Crippen LogP contribution in [0.2, 0.25) is 0 Å². The summed E-state index contributed by atoms with van der Waals surface area (Å²) in [6, 6.07) is 17.8. The topological polar surface area (TPSA) is 111 Å². The molecule has 37 heavy (non-hydrogen) atoms. The minimum Gasteiger partial charge on any atom is -0.293 e. The van der Waals surface area contributed by atoms with Gasteiger partial charge in [0.2, 0.25) is 11.9 Å². The maximum atomic E-state index is 13.5. The lowest BCUT2D eigenvalue weighted by atomic mass is 9.89. The van der Waals surface area contributed by atoms with Crippen LogP contribution in [0.5, 0.6) is 0 Å². The molecule has 1 saturated carbocycles. The van der Waals surface area contributed by atoms with Crippen LogP contribution in [0, 0.1) is 28.6 Å². The van der Waals surface area contributed by atoms with E-state index in [9.17, 15) is 19.7 Å². The minimum atomic E-state index is -0.626. The second-order valence-corrected chi connectivity index (χ2v) is 9.39. The number of hydrogen-bond acceptors (Lipinski definition) is 6. The van der Waals surface area contributed by atoms with Gasteiger partial charge in [-0.05, 0) is 55.2 Å². The number of nitrogens with zero attached hydrogens (tertiary/aromatic N) is 6. The zero-order chi connectivity index (χ0) is 25.9. The van der Waals surface area contributed by atoms with Crippen LogP contribution in [0.1, 0.15) is 61.8 Å². The van der Waals surface area contributed by atoms with Crippen molar-refractivity contribution in [2.24, 2.45) is 5.92 Å². The normalized spacial score (nSPS) is 17.6. The average molecular weight is 496 g/mol. The van der Waals surface area contributed by atoms with Crippen LogP contribution < -0.4 is 10.2 Å². The highest BCUT2D eigenvalue weighted by Crippen LogP contribution is 2.42. The number of rotatable bonds is 5. The Balaban J connectivity index is 1.62. The van der Waals surface area contributed by atoms with E-state index in [4.69, 9.17) is 0 Å². The lowest BCUT2D eigenvalue weighted by molar-refractivity contribution is -0.120. The highest BCUT2D eigenvalue weighted by Gasteiger charge is 2.36. The summed E-state index contributed by atoms with van der Waals surface area (Å²) in [5.41, 5.74) is 3.44. The average Bonchev–Trinajstić information content (AvgIpc) is 3.35. The molecule has 1 atom stereocenters. The Bertz CT molecular complexity index is 1440. The van der Waals surface area contributed by atoms with Gasteiger partial charge in [0, 0.05) is 17.3 Å². The van der Waals surface area contributed by atoms with Crippen molar-refractivity contribution in [2.45, 2.75) is 51.7 Å². The van der Waals surface area contributed by atoms with Crippen LogP contribution >= 0.6 is 0 Å². The molecule has 186 valence electrons. The fourth-order valence-corrected chi connectivity index (χ4v) is 5.14. The number of benzene rings is 2. The van der Waals surface area contributed by atoms with Crippen LogP contribution in [0.4, 0.5) is 22.0 Å². The first-order chi connectivity index (χ1) is 18.0. The van der Waals surface area contributed by atoms with Gasteiger partial charge in [0.1, 0.15) is 12.7 Å². The number of carbonyl (C=O) groups is 1. The standard InChI is InChI=1S/C28H26FN7O/c1-18-24(17-31)25(21-12-10-19(16-30)11-13-21)36-28(35(18)23-9-5-6-20(14-23)15-29)33-27(34-36)32-26(37)22-7-3-2-4-8-22/h5-6,9-14,22,25H,2-4,7-8,15H2,1H3,(H,32,34,37)/t25-/m1/s1. The molecule has 1 amide bonds. The molecule has 2 aromatic carbocycles. The number of halogens is 1. The number of anilines is 3. The highest BCUT2D eigenvalue weighted by atomic mass is 19.1. The monoisotopic (exact) mass is 495 g/mol. The van der Waals surface area contributed by atoms with Crippen LogP contribution in [-0.2, 0) is 11.5 Å². The third-order valence-electron chi connectivity index (χ3n) is 7.07. The highest BCUT2D eigenvalue weighted by molar-refractivity contribution is 5.91. The van der Waals surface area contributed by atoms with Gasteiger partial charge in [-0.1, -0.05) is 43.5 Å². The summed E-state index contributed by atoms with van der Waals surface area (Å²) in [6.07, 6.45) is 4.88. The van der Waals surface area contributed by atoms with E-state index in [1.807, 2.05) is 13.0 Å². The molecule has 3 aromatic rings. The number of carbonyl (C=O) groups excluding carboxylic acids is 1. The predicted molar refractivity (Wildman–Crippen MR) is 136 cm³/mol. The number of alkyl halides is 1. The maximum Gasteiger partial charge on any atom is 0.250 e. The molecule has 1 N–H and O–H groups in total. The van der Waals surface area contributed by atoms with Crippen molar-refractivity contribution in [1.29, 1.82) is 10.5 Å². The Morgan fingerprint density at radius 3 is 2.54 bits per heavy atom. The summed E-state index contributed by atoms with van der Waals surface area (Å²) in [5.74, 6) is 0.382. The van der Waals surface area contributed by atoms with Crippen LogP contribution in [0.25, 0.3) is 0 Å². The fraction of sp³-hybridized carbons (Fsp3) is 0.321. The van der Waals surface area contributed by atoms with Gasteiger partial charge in [0.05, 0.1) is 23.3 Å². The zero-order valence-corrected chi connectivity index (χ0v) is 20.5. The summed E-state index contributed by atoms with van der Waals surface area (Å²) >= 11 is 0. The number of hydrogen-bond donors (Lipinski definition) is 1. The van der Waals surface area contributed by atoms with Gasteiger partial charge in [0.15, 0.2) is 0 Å². The molecule has 1 aliphatic heterocycles. The number of amides is 1. The summed E-state index contributed by atoms with van der Waals surface area (Å²) in [4.78, 5) is 19.4. The number of fused-ring (bicyclic) bond motifs is 1. The van der Waals surface area contributed by atoms with Crippen LogP contribution in [0.3, 0.4) is 0 Å². The minimum absolute atomic E-state index is 0.0736. The first kappa shape index (κ1) is 24.2. The van der Waals surface area contributed by atoms with Crippen molar-refractivity contribution in [3.05, 3.63) is 76.5 Å². The van der Waals surface area contributed by atoms with Crippen LogP contribution in [0.15, 0.2) is 59.8 Å². The summed E-state index contributed by atoms with van der Waals surface area (Å²) < 4.78 is 15.1. The van der Waals surface area contributed by atoms with Gasteiger partial charge in [-0.15, -0.1) is 5.10 Å². The van der Waals surface area contributed by atoms with Gasteiger partial charge in [-0.25, -0.2) is 9.07 Å². The van der Waals surface area contributed by atoms with Crippen LogP contribution in [-0.4, -0.2) is 20.7 Å². The molecule has 2 aliphatic rings. The Hall–Kier alpha value is -4.50. The first-order valence-electron chi connectivity index (χ1n) is 12.4. The third-order valence-corrected chi connectivity index (χ3v) is 7.07. The molecule has 0 spiro atoms. The quantitative estimate of drug-likeness (QED) is 0.488. The molecule has 9 heteroatoms. The van der Waals surface area contributed by atoms with Crippen molar-refractivity contribution in [1.82, 2.24) is 14.8 Å². The van der Waals surface area contributed by atoms with Gasteiger partial charge in [-0.2, -0.15) is 15.5 Å². The summed E-state index contributed by atoms with van der Waals surface area (Å²) in [7, 11) is 0. The third kappa shape index (κ3) is 4.56. The lowest BCUT2D eigenvalue weighted by Crippen LogP contribution is -2.31. The van der Waals surface area contributed by atoms with Gasteiger partial charge in [0.25, 0.3) is 5.95 Å². The number of nitriles is 2. The van der Waals surface area contributed by atoms with E-state index in [1.165, 1.54) is 0 Å². The van der Waals surface area contributed by atoms with Crippen molar-refractivity contribution in [3.63, 3.8) is 0 Å². The molecule has 8 nitrogen and oxygen atoms in total. The Morgan fingerprint density at radius 2 is 1.86 bits per heavy atom. The van der Waals surface area contributed by atoms with Crippen molar-refractivity contribution in [2.75, 3.05) is 10.2 Å². The second kappa shape index (κ2) is 10.2. The summed E-state index contributed by atoms with van der Waals surface area (Å²) in [6.45, 7) is 1.19. The van der Waals surface area contributed by atoms with E-state index in [1.54, 1.807) is 52.0 Å². The largest absolute Gasteiger partial charge is 0.293 e. The van der Waals surface area contributed by atoms with E-state index in [-0.39, 0.29) is 17.8 Å². The first-order valence-corrected chi connectivity index (χ1v) is 12.4. The number of allylic oxidation sites excluding steroid dienone is 2. The zero-order valence-electron chi connectivity index (χ0n) is 20.5. The molecule has 1 aliphatic carbocycles. The van der Waals surface area contributed by atoms with Crippen molar-refractivity contribution >= 4 is 23.5 Å². The second-order valence-electron chi connectivity index (χ2n) is 9.39. The summed E-state index contributed by atoms with van der Waals surface area (Å²) in [5, 5.41) is 27.0. The number of nitrogens with one attached hydrogen (secondary N) is 1. The molecule has 2 heterocycles. The van der Waals surface area contributed by atoms with Crippen molar-refractivity contribution < 1.29 is 9.18 Å². The Kier molecular flexibility index (Phi) is 6.70. The molecular formula is C28H26FN7O. The SMILES string of the molecule is CC1=C(C#N)[C@@H](c2ccc(C#N)cc2)n2nc(NC(=O)C3CCCCC3)nc2N1c1cccc(CF)c1. The van der Waals surface area contributed by atoms with Gasteiger partial charge < -0.3 is 0 Å². The van der Waals surface area contributed by atoms with E-state index < -0.39 is 12.7 Å². The van der Waals surface area contributed by atoms with Crippen molar-refractivity contribution in [3.8, 4) is 12.1 Å². The number of aromatic nitrogens is 3. The van der Waals surface area contributed by atoms with E-state index in [0.717, 1.165) is 37.7 Å². The molecule has 0 saturated heterocycles. The van der Waals surface area contributed by atoms with Gasteiger partial charge >= 0.3 is 0 Å². The molecule has 0 radical (unpaired) electrons. The molecular weight excluding hydrogens is 469 g/mol. The lowest BCUT2D eigenvalue weighted by Gasteiger charge is -2.34. The Morgan fingerprint density at radius 1 is 1.11 bits per heavy atom. The van der Waals surface area contributed by atoms with Gasteiger partial charge in [-0.3, -0.25) is 15.0 Å². The molecule has 1 aromatic heterocycles. The Labute approximate surface area is 214 Å². The smallest absolute Gasteiger partial charge is 0.250 e.